The quantitative estimate of drug-likeness (QED) is 0.751. The zero-order valence-corrected chi connectivity index (χ0v) is 15.4. The van der Waals surface area contributed by atoms with Crippen LogP contribution >= 0.6 is 11.3 Å². The van der Waals surface area contributed by atoms with Gasteiger partial charge in [0.2, 0.25) is 5.95 Å². The Morgan fingerprint density at radius 1 is 1.41 bits per heavy atom. The average molecular weight is 383 g/mol. The third kappa shape index (κ3) is 3.31. The van der Waals surface area contributed by atoms with Crippen LogP contribution in [0.2, 0.25) is 0 Å². The van der Waals surface area contributed by atoms with Gasteiger partial charge in [-0.2, -0.15) is 9.65 Å². The van der Waals surface area contributed by atoms with Crippen molar-refractivity contribution < 1.29 is 4.39 Å². The molecule has 0 amide bonds. The van der Waals surface area contributed by atoms with Gasteiger partial charge in [0, 0.05) is 25.2 Å². The Bertz CT molecular complexity index is 1100. The fraction of sp³-hybridized carbons (Fsp3) is 0.316. The first kappa shape index (κ1) is 17.6. The highest BCUT2D eigenvalue weighted by molar-refractivity contribution is 7.17. The lowest BCUT2D eigenvalue weighted by Crippen LogP contribution is -2.45. The predicted octanol–water partition coefficient (Wildman–Crippen LogP) is 2.44. The third-order valence-corrected chi connectivity index (χ3v) is 5.69. The number of halogens is 1. The van der Waals surface area contributed by atoms with Crippen LogP contribution in [0.25, 0.3) is 10.2 Å². The van der Waals surface area contributed by atoms with Crippen molar-refractivity contribution in [3.05, 3.63) is 56.9 Å². The summed E-state index contributed by atoms with van der Waals surface area (Å²) in [4.78, 5) is 19.7. The van der Waals surface area contributed by atoms with Crippen LogP contribution < -0.4 is 16.2 Å². The van der Waals surface area contributed by atoms with Crippen LogP contribution in [-0.4, -0.2) is 28.7 Å². The first-order chi connectivity index (χ1) is 13.1. The molecule has 6 nitrogen and oxygen atoms in total. The molecule has 1 aliphatic heterocycles. The molecule has 1 aromatic carbocycles. The molecule has 0 saturated carbocycles. The van der Waals surface area contributed by atoms with Crippen LogP contribution in [0.4, 0.5) is 10.3 Å². The Morgan fingerprint density at radius 2 is 2.22 bits per heavy atom. The van der Waals surface area contributed by atoms with Crippen molar-refractivity contribution in [3.63, 3.8) is 0 Å². The van der Waals surface area contributed by atoms with Gasteiger partial charge in [0.1, 0.15) is 4.70 Å². The Balaban J connectivity index is 1.88. The topological polar surface area (TPSA) is 87.9 Å². The molecule has 2 N–H and O–H groups in total. The minimum Gasteiger partial charge on any atom is -0.341 e. The minimum absolute atomic E-state index is 0.00500. The van der Waals surface area contributed by atoms with E-state index in [0.29, 0.717) is 23.6 Å². The summed E-state index contributed by atoms with van der Waals surface area (Å²) in [7, 11) is 0. The van der Waals surface area contributed by atoms with Crippen molar-refractivity contribution in [2.75, 3.05) is 18.0 Å². The molecule has 0 unspecified atom stereocenters. The SMILES string of the molecule is N#Cc1ccccc1Cn1c(N2CCC[C@@H](N)C2)nc2cc(F)sc2c1=O. The minimum atomic E-state index is -0.439. The maximum atomic E-state index is 13.8. The number of anilines is 1. The van der Waals surface area contributed by atoms with Gasteiger partial charge in [-0.15, -0.1) is 0 Å². The van der Waals surface area contributed by atoms with Gasteiger partial charge < -0.3 is 10.6 Å². The van der Waals surface area contributed by atoms with Gasteiger partial charge in [-0.3, -0.25) is 9.36 Å². The van der Waals surface area contributed by atoms with E-state index in [4.69, 9.17) is 5.73 Å². The van der Waals surface area contributed by atoms with E-state index < -0.39 is 5.13 Å². The number of nitriles is 1. The molecule has 4 rings (SSSR count). The highest BCUT2D eigenvalue weighted by atomic mass is 32.1. The Labute approximate surface area is 159 Å². The Kier molecular flexibility index (Phi) is 4.64. The van der Waals surface area contributed by atoms with Gasteiger partial charge in [-0.1, -0.05) is 29.5 Å². The molecule has 0 spiro atoms. The zero-order chi connectivity index (χ0) is 19.0. The van der Waals surface area contributed by atoms with Crippen molar-refractivity contribution in [1.29, 1.82) is 5.26 Å². The smallest absolute Gasteiger partial charge is 0.273 e. The number of nitrogens with two attached hydrogens (primary N) is 1. The third-order valence-electron chi connectivity index (χ3n) is 4.79. The molecule has 1 saturated heterocycles. The van der Waals surface area contributed by atoms with Gasteiger partial charge in [-0.25, -0.2) is 4.98 Å². The number of fused-ring (bicyclic) bond motifs is 1. The van der Waals surface area contributed by atoms with Gasteiger partial charge in [0.25, 0.3) is 5.56 Å². The lowest BCUT2D eigenvalue weighted by atomic mass is 10.1. The van der Waals surface area contributed by atoms with E-state index >= 15 is 0 Å². The Hall–Kier alpha value is -2.76. The second-order valence-corrected chi connectivity index (χ2v) is 7.69. The number of hydrogen-bond donors (Lipinski definition) is 1. The summed E-state index contributed by atoms with van der Waals surface area (Å²) in [6, 6.07) is 10.6. The molecule has 0 bridgehead atoms. The van der Waals surface area contributed by atoms with Gasteiger partial charge >= 0.3 is 0 Å². The summed E-state index contributed by atoms with van der Waals surface area (Å²) in [6.45, 7) is 1.52. The second-order valence-electron chi connectivity index (χ2n) is 6.69. The summed E-state index contributed by atoms with van der Waals surface area (Å²) >= 11 is 0.799. The number of rotatable bonds is 3. The van der Waals surface area contributed by atoms with Crippen LogP contribution in [0.15, 0.2) is 35.1 Å². The molecule has 3 aromatic rings. The predicted molar refractivity (Wildman–Crippen MR) is 104 cm³/mol. The maximum Gasteiger partial charge on any atom is 0.273 e. The lowest BCUT2D eigenvalue weighted by molar-refractivity contribution is 0.492. The molecular weight excluding hydrogens is 365 g/mol. The maximum absolute atomic E-state index is 13.8. The highest BCUT2D eigenvalue weighted by Crippen LogP contribution is 2.25. The molecule has 1 atom stereocenters. The summed E-state index contributed by atoms with van der Waals surface area (Å²) in [6.07, 6.45) is 1.83. The van der Waals surface area contributed by atoms with E-state index in [9.17, 15) is 14.4 Å². The van der Waals surface area contributed by atoms with Crippen molar-refractivity contribution in [3.8, 4) is 6.07 Å². The van der Waals surface area contributed by atoms with E-state index in [-0.39, 0.29) is 22.8 Å². The Morgan fingerprint density at radius 3 is 3.00 bits per heavy atom. The van der Waals surface area contributed by atoms with Crippen LogP contribution in [-0.2, 0) is 6.54 Å². The number of thiophene rings is 1. The van der Waals surface area contributed by atoms with Crippen LogP contribution in [0.3, 0.4) is 0 Å². The summed E-state index contributed by atoms with van der Waals surface area (Å²) < 4.78 is 15.6. The molecule has 138 valence electrons. The number of benzene rings is 1. The molecule has 8 heteroatoms. The van der Waals surface area contributed by atoms with E-state index in [1.165, 1.54) is 10.6 Å². The van der Waals surface area contributed by atoms with Crippen molar-refractivity contribution in [2.24, 2.45) is 5.73 Å². The molecule has 0 radical (unpaired) electrons. The number of nitrogens with zero attached hydrogens (tertiary/aromatic N) is 4. The molecule has 1 aliphatic rings. The molecule has 1 fully saturated rings. The fourth-order valence-corrected chi connectivity index (χ4v) is 4.26. The molecule has 27 heavy (non-hydrogen) atoms. The van der Waals surface area contributed by atoms with E-state index in [1.54, 1.807) is 12.1 Å². The number of hydrogen-bond acceptors (Lipinski definition) is 6. The standard InChI is InChI=1S/C19H18FN5OS/c20-16-8-15-17(27-16)18(26)25(10-13-5-2-1-4-12(13)9-21)19(23-15)24-7-3-6-14(22)11-24/h1-2,4-5,8,14H,3,6-7,10-11,22H2/t14-/m1/s1. The lowest BCUT2D eigenvalue weighted by Gasteiger charge is -2.33. The first-order valence-electron chi connectivity index (χ1n) is 8.75. The molecular formula is C19H18FN5OS. The average Bonchev–Trinajstić information content (AvgIpc) is 3.05. The largest absolute Gasteiger partial charge is 0.341 e. The summed E-state index contributed by atoms with van der Waals surface area (Å²) in [5.41, 5.74) is 7.40. The number of piperidine rings is 1. The highest BCUT2D eigenvalue weighted by Gasteiger charge is 2.24. The summed E-state index contributed by atoms with van der Waals surface area (Å²) in [5.74, 6) is 0.480. The normalized spacial score (nSPS) is 17.2. The molecule has 3 heterocycles. The van der Waals surface area contributed by atoms with Gasteiger partial charge in [-0.05, 0) is 24.5 Å². The first-order valence-corrected chi connectivity index (χ1v) is 9.57. The number of aromatic nitrogens is 2. The monoisotopic (exact) mass is 383 g/mol. The van der Waals surface area contributed by atoms with Crippen LogP contribution in [0.1, 0.15) is 24.0 Å². The van der Waals surface area contributed by atoms with E-state index in [0.717, 1.165) is 36.3 Å². The van der Waals surface area contributed by atoms with Crippen molar-refractivity contribution in [2.45, 2.75) is 25.4 Å². The van der Waals surface area contributed by atoms with Gasteiger partial charge in [0.15, 0.2) is 5.13 Å². The molecule has 2 aromatic heterocycles. The van der Waals surface area contributed by atoms with Crippen LogP contribution in [0.5, 0.6) is 0 Å². The van der Waals surface area contributed by atoms with Crippen molar-refractivity contribution in [1.82, 2.24) is 9.55 Å². The van der Waals surface area contributed by atoms with Crippen molar-refractivity contribution >= 4 is 27.5 Å². The van der Waals surface area contributed by atoms with Crippen LogP contribution in [0, 0.1) is 16.5 Å². The van der Waals surface area contributed by atoms with E-state index in [2.05, 4.69) is 11.1 Å². The fourth-order valence-electron chi connectivity index (χ4n) is 3.48. The zero-order valence-electron chi connectivity index (χ0n) is 14.6. The molecule has 0 aliphatic carbocycles. The summed E-state index contributed by atoms with van der Waals surface area (Å²) in [5, 5.41) is 8.93. The van der Waals surface area contributed by atoms with Gasteiger partial charge in [0.05, 0.1) is 23.7 Å². The van der Waals surface area contributed by atoms with E-state index in [1.807, 2.05) is 17.0 Å². The second kappa shape index (κ2) is 7.10.